The minimum atomic E-state index is -0.157. The molecule has 15 heavy (non-hydrogen) atoms. The van der Waals surface area contributed by atoms with E-state index in [0.29, 0.717) is 5.92 Å². The van der Waals surface area contributed by atoms with E-state index in [-0.39, 0.29) is 11.9 Å². The van der Waals surface area contributed by atoms with Crippen molar-refractivity contribution in [3.63, 3.8) is 0 Å². The number of aryl methyl sites for hydroxylation is 1. The molecule has 0 aromatic heterocycles. The highest BCUT2D eigenvalue weighted by molar-refractivity contribution is 5.27. The lowest BCUT2D eigenvalue weighted by Crippen LogP contribution is -2.27. The molecule has 0 spiro atoms. The fourth-order valence-corrected chi connectivity index (χ4v) is 1.84. The lowest BCUT2D eigenvalue weighted by molar-refractivity contribution is 0.426. The molecule has 2 unspecified atom stereocenters. The van der Waals surface area contributed by atoms with Crippen molar-refractivity contribution in [2.75, 3.05) is 0 Å². The average molecular weight is 209 g/mol. The summed E-state index contributed by atoms with van der Waals surface area (Å²) in [6.07, 6.45) is 1.91. The van der Waals surface area contributed by atoms with Crippen molar-refractivity contribution in [3.8, 4) is 0 Å². The van der Waals surface area contributed by atoms with Gasteiger partial charge in [0, 0.05) is 6.04 Å². The maximum Gasteiger partial charge on any atom is 0.123 e. The van der Waals surface area contributed by atoms with Crippen LogP contribution >= 0.6 is 0 Å². The number of nitrogens with two attached hydrogens (primary N) is 1. The van der Waals surface area contributed by atoms with Gasteiger partial charge in [-0.05, 0) is 49.4 Å². The molecule has 0 saturated heterocycles. The molecule has 1 nitrogen and oxygen atoms in total. The van der Waals surface area contributed by atoms with Gasteiger partial charge in [-0.15, -0.1) is 0 Å². The maximum absolute atomic E-state index is 13.1. The lowest BCUT2D eigenvalue weighted by Gasteiger charge is -2.20. The summed E-state index contributed by atoms with van der Waals surface area (Å²) in [5.74, 6) is 0.278. The van der Waals surface area contributed by atoms with Gasteiger partial charge in [-0.3, -0.25) is 0 Å². The predicted octanol–water partition coefficient (Wildman–Crippen LogP) is 3.05. The first-order valence-corrected chi connectivity index (χ1v) is 5.55. The lowest BCUT2D eigenvalue weighted by atomic mass is 9.89. The van der Waals surface area contributed by atoms with Crippen molar-refractivity contribution in [2.45, 2.75) is 39.7 Å². The summed E-state index contributed by atoms with van der Waals surface area (Å²) in [6.45, 7) is 6.16. The highest BCUT2D eigenvalue weighted by Crippen LogP contribution is 2.18. The standard InChI is InChI=1S/C13H20FN/c1-4-11(10(3)15)7-12-8-13(14)6-5-9(12)2/h5-6,8,10-11H,4,7,15H2,1-3H3. The molecule has 0 radical (unpaired) electrons. The number of benzene rings is 1. The molecule has 2 N–H and O–H groups in total. The Kier molecular flexibility index (Phi) is 4.28. The highest BCUT2D eigenvalue weighted by Gasteiger charge is 2.13. The summed E-state index contributed by atoms with van der Waals surface area (Å²) < 4.78 is 13.1. The molecule has 1 rings (SSSR count). The summed E-state index contributed by atoms with van der Waals surface area (Å²) in [5, 5.41) is 0. The maximum atomic E-state index is 13.1. The van der Waals surface area contributed by atoms with Crippen LogP contribution in [0.5, 0.6) is 0 Å². The van der Waals surface area contributed by atoms with E-state index in [4.69, 9.17) is 5.73 Å². The molecular formula is C13H20FN. The van der Waals surface area contributed by atoms with Crippen LogP contribution in [0.25, 0.3) is 0 Å². The normalized spacial score (nSPS) is 15.0. The number of halogens is 1. The molecule has 0 saturated carbocycles. The van der Waals surface area contributed by atoms with E-state index in [1.165, 1.54) is 6.07 Å². The Morgan fingerprint density at radius 2 is 2.07 bits per heavy atom. The second-order valence-electron chi connectivity index (χ2n) is 4.30. The van der Waals surface area contributed by atoms with Crippen LogP contribution in [-0.2, 0) is 6.42 Å². The summed E-state index contributed by atoms with van der Waals surface area (Å²) >= 11 is 0. The molecule has 1 aromatic carbocycles. The van der Waals surface area contributed by atoms with Gasteiger partial charge in [0.15, 0.2) is 0 Å². The van der Waals surface area contributed by atoms with E-state index in [0.717, 1.165) is 24.0 Å². The molecule has 0 heterocycles. The molecule has 0 bridgehead atoms. The molecule has 1 aromatic rings. The van der Waals surface area contributed by atoms with Crippen LogP contribution in [0, 0.1) is 18.7 Å². The van der Waals surface area contributed by atoms with Crippen LogP contribution < -0.4 is 5.73 Å². The van der Waals surface area contributed by atoms with Crippen molar-refractivity contribution in [2.24, 2.45) is 11.7 Å². The third-order valence-corrected chi connectivity index (χ3v) is 3.06. The molecule has 0 fully saturated rings. The Balaban J connectivity index is 2.82. The molecule has 0 aliphatic rings. The van der Waals surface area contributed by atoms with E-state index in [2.05, 4.69) is 6.92 Å². The Labute approximate surface area is 91.5 Å². The highest BCUT2D eigenvalue weighted by atomic mass is 19.1. The van der Waals surface area contributed by atoms with Crippen LogP contribution in [0.15, 0.2) is 18.2 Å². The van der Waals surface area contributed by atoms with E-state index in [1.54, 1.807) is 6.07 Å². The van der Waals surface area contributed by atoms with Crippen molar-refractivity contribution < 1.29 is 4.39 Å². The van der Waals surface area contributed by atoms with Crippen molar-refractivity contribution in [3.05, 3.63) is 35.1 Å². The van der Waals surface area contributed by atoms with Crippen molar-refractivity contribution >= 4 is 0 Å². The van der Waals surface area contributed by atoms with Gasteiger partial charge < -0.3 is 5.73 Å². The quantitative estimate of drug-likeness (QED) is 0.810. The molecule has 2 heteroatoms. The van der Waals surface area contributed by atoms with Gasteiger partial charge in [0.05, 0.1) is 0 Å². The Hall–Kier alpha value is -0.890. The first-order valence-electron chi connectivity index (χ1n) is 5.55. The van der Waals surface area contributed by atoms with Crippen molar-refractivity contribution in [1.29, 1.82) is 0 Å². The molecule has 84 valence electrons. The molecule has 0 amide bonds. The molecule has 0 aliphatic heterocycles. The van der Waals surface area contributed by atoms with Gasteiger partial charge in [-0.1, -0.05) is 19.4 Å². The molecular weight excluding hydrogens is 189 g/mol. The third-order valence-electron chi connectivity index (χ3n) is 3.06. The van der Waals surface area contributed by atoms with E-state index < -0.39 is 0 Å². The zero-order valence-corrected chi connectivity index (χ0v) is 9.76. The summed E-state index contributed by atoms with van der Waals surface area (Å²) in [6, 6.07) is 5.13. The second kappa shape index (κ2) is 5.26. The van der Waals surface area contributed by atoms with E-state index in [9.17, 15) is 4.39 Å². The summed E-state index contributed by atoms with van der Waals surface area (Å²) in [7, 11) is 0. The third kappa shape index (κ3) is 3.31. The van der Waals surface area contributed by atoms with Crippen LogP contribution in [-0.4, -0.2) is 6.04 Å². The van der Waals surface area contributed by atoms with Gasteiger partial charge in [0.2, 0.25) is 0 Å². The topological polar surface area (TPSA) is 26.0 Å². The van der Waals surface area contributed by atoms with Gasteiger partial charge in [0.1, 0.15) is 5.82 Å². The molecule has 0 aliphatic carbocycles. The first kappa shape index (κ1) is 12.2. The van der Waals surface area contributed by atoms with Crippen LogP contribution in [0.2, 0.25) is 0 Å². The van der Waals surface area contributed by atoms with Crippen LogP contribution in [0.1, 0.15) is 31.4 Å². The van der Waals surface area contributed by atoms with E-state index in [1.807, 2.05) is 19.9 Å². The van der Waals surface area contributed by atoms with Gasteiger partial charge in [-0.2, -0.15) is 0 Å². The predicted molar refractivity (Wildman–Crippen MR) is 62.3 cm³/mol. The van der Waals surface area contributed by atoms with Gasteiger partial charge in [-0.25, -0.2) is 4.39 Å². The monoisotopic (exact) mass is 209 g/mol. The van der Waals surface area contributed by atoms with E-state index >= 15 is 0 Å². The number of rotatable bonds is 4. The number of hydrogen-bond acceptors (Lipinski definition) is 1. The smallest absolute Gasteiger partial charge is 0.123 e. The Morgan fingerprint density at radius 1 is 1.40 bits per heavy atom. The summed E-state index contributed by atoms with van der Waals surface area (Å²) in [5.41, 5.74) is 8.12. The minimum Gasteiger partial charge on any atom is -0.328 e. The fourth-order valence-electron chi connectivity index (χ4n) is 1.84. The fraction of sp³-hybridized carbons (Fsp3) is 0.538. The minimum absolute atomic E-state index is 0.157. The Morgan fingerprint density at radius 3 is 2.60 bits per heavy atom. The van der Waals surface area contributed by atoms with Gasteiger partial charge >= 0.3 is 0 Å². The average Bonchev–Trinajstić information content (AvgIpc) is 2.18. The number of hydrogen-bond donors (Lipinski definition) is 1. The van der Waals surface area contributed by atoms with Gasteiger partial charge in [0.25, 0.3) is 0 Å². The van der Waals surface area contributed by atoms with Crippen molar-refractivity contribution in [1.82, 2.24) is 0 Å². The first-order chi connectivity index (χ1) is 7.04. The largest absolute Gasteiger partial charge is 0.328 e. The SMILES string of the molecule is CCC(Cc1cc(F)ccc1C)C(C)N. The zero-order chi connectivity index (χ0) is 11.4. The zero-order valence-electron chi connectivity index (χ0n) is 9.76. The van der Waals surface area contributed by atoms with Crippen LogP contribution in [0.4, 0.5) is 4.39 Å². The summed E-state index contributed by atoms with van der Waals surface area (Å²) in [4.78, 5) is 0. The molecule has 2 atom stereocenters. The second-order valence-corrected chi connectivity index (χ2v) is 4.30. The Bertz CT molecular complexity index is 320. The van der Waals surface area contributed by atoms with Crippen LogP contribution in [0.3, 0.4) is 0 Å².